The standard InChI is InChI=1S/C24H27N3O4S2/c1-2-3-16-31-20-10-6-19(7-11-20)23(28)26-24-25-22(17-32-24)18-8-12-21(13-9-18)33(29,30)27-14-4-5-15-27/h6-13,17H,2-5,14-16H2,1H3,(H,25,26,28). The molecule has 1 N–H and O–H groups in total. The zero-order valence-electron chi connectivity index (χ0n) is 18.5. The number of nitrogens with zero attached hydrogens (tertiary/aromatic N) is 2. The van der Waals surface area contributed by atoms with Crippen molar-refractivity contribution in [2.75, 3.05) is 25.0 Å². The molecule has 2 heterocycles. The summed E-state index contributed by atoms with van der Waals surface area (Å²) in [5.41, 5.74) is 1.99. The van der Waals surface area contributed by atoms with E-state index in [0.717, 1.165) is 37.0 Å². The number of nitrogens with one attached hydrogen (secondary N) is 1. The van der Waals surface area contributed by atoms with Crippen LogP contribution in [0.3, 0.4) is 0 Å². The number of carbonyl (C=O) groups excluding carboxylic acids is 1. The predicted octanol–water partition coefficient (Wildman–Crippen LogP) is 5.03. The van der Waals surface area contributed by atoms with Gasteiger partial charge in [-0.25, -0.2) is 13.4 Å². The van der Waals surface area contributed by atoms with E-state index < -0.39 is 10.0 Å². The minimum atomic E-state index is -3.44. The number of ether oxygens (including phenoxy) is 1. The van der Waals surface area contributed by atoms with Crippen molar-refractivity contribution in [2.24, 2.45) is 0 Å². The summed E-state index contributed by atoms with van der Waals surface area (Å²) < 4.78 is 32.5. The molecule has 1 fully saturated rings. The average Bonchev–Trinajstić information content (AvgIpc) is 3.53. The zero-order chi connectivity index (χ0) is 23.3. The van der Waals surface area contributed by atoms with Gasteiger partial charge < -0.3 is 4.74 Å². The van der Waals surface area contributed by atoms with Crippen molar-refractivity contribution in [1.29, 1.82) is 0 Å². The monoisotopic (exact) mass is 485 g/mol. The number of rotatable bonds is 9. The molecule has 0 spiro atoms. The van der Waals surface area contributed by atoms with E-state index >= 15 is 0 Å². The first-order valence-corrected chi connectivity index (χ1v) is 13.4. The molecule has 0 atom stereocenters. The van der Waals surface area contributed by atoms with Gasteiger partial charge in [0.15, 0.2) is 5.13 Å². The molecule has 0 radical (unpaired) electrons. The fourth-order valence-electron chi connectivity index (χ4n) is 3.55. The largest absolute Gasteiger partial charge is 0.494 e. The fraction of sp³-hybridized carbons (Fsp3) is 0.333. The molecule has 7 nitrogen and oxygen atoms in total. The molecule has 33 heavy (non-hydrogen) atoms. The predicted molar refractivity (Wildman–Crippen MR) is 130 cm³/mol. The Balaban J connectivity index is 1.39. The van der Waals surface area contributed by atoms with Gasteiger partial charge in [0.05, 0.1) is 17.2 Å². The Morgan fingerprint density at radius 3 is 2.45 bits per heavy atom. The van der Waals surface area contributed by atoms with E-state index in [-0.39, 0.29) is 5.91 Å². The Kier molecular flexibility index (Phi) is 7.42. The highest BCUT2D eigenvalue weighted by atomic mass is 32.2. The normalized spacial score (nSPS) is 14.3. The first kappa shape index (κ1) is 23.4. The molecule has 0 aliphatic carbocycles. The van der Waals surface area contributed by atoms with Crippen LogP contribution >= 0.6 is 11.3 Å². The summed E-state index contributed by atoms with van der Waals surface area (Å²) in [4.78, 5) is 17.3. The van der Waals surface area contributed by atoms with Crippen LogP contribution in [0.1, 0.15) is 43.0 Å². The molecular formula is C24H27N3O4S2. The molecule has 1 amide bonds. The minimum Gasteiger partial charge on any atom is -0.494 e. The smallest absolute Gasteiger partial charge is 0.257 e. The molecule has 2 aromatic carbocycles. The van der Waals surface area contributed by atoms with Gasteiger partial charge >= 0.3 is 0 Å². The lowest BCUT2D eigenvalue weighted by atomic mass is 10.2. The van der Waals surface area contributed by atoms with Gasteiger partial charge in [-0.05, 0) is 55.7 Å². The molecule has 9 heteroatoms. The van der Waals surface area contributed by atoms with Gasteiger partial charge in [-0.1, -0.05) is 25.5 Å². The van der Waals surface area contributed by atoms with Crippen LogP contribution in [0.2, 0.25) is 0 Å². The van der Waals surface area contributed by atoms with Crippen LogP contribution in [0, 0.1) is 0 Å². The lowest BCUT2D eigenvalue weighted by Gasteiger charge is -2.15. The highest BCUT2D eigenvalue weighted by Crippen LogP contribution is 2.28. The first-order chi connectivity index (χ1) is 16.0. The van der Waals surface area contributed by atoms with E-state index in [4.69, 9.17) is 4.74 Å². The second-order valence-electron chi connectivity index (χ2n) is 7.85. The summed E-state index contributed by atoms with van der Waals surface area (Å²) in [7, 11) is -3.44. The van der Waals surface area contributed by atoms with Crippen LogP contribution in [0.4, 0.5) is 5.13 Å². The molecule has 1 aliphatic heterocycles. The Hall–Kier alpha value is -2.75. The number of unbranched alkanes of at least 4 members (excludes halogenated alkanes) is 1. The summed E-state index contributed by atoms with van der Waals surface area (Å²) in [5, 5.41) is 5.13. The summed E-state index contributed by atoms with van der Waals surface area (Å²) >= 11 is 1.32. The third-order valence-corrected chi connectivity index (χ3v) is 8.13. The van der Waals surface area contributed by atoms with Crippen molar-refractivity contribution in [3.63, 3.8) is 0 Å². The van der Waals surface area contributed by atoms with Gasteiger partial charge in [0.1, 0.15) is 5.75 Å². The molecule has 1 aliphatic rings. The number of hydrogen-bond acceptors (Lipinski definition) is 6. The number of benzene rings is 2. The number of aromatic nitrogens is 1. The maximum absolute atomic E-state index is 12.7. The Morgan fingerprint density at radius 1 is 1.09 bits per heavy atom. The third kappa shape index (κ3) is 5.61. The number of thiazole rings is 1. The molecule has 174 valence electrons. The number of anilines is 1. The number of hydrogen-bond donors (Lipinski definition) is 1. The van der Waals surface area contributed by atoms with Gasteiger partial charge in [-0.3, -0.25) is 10.1 Å². The quantitative estimate of drug-likeness (QED) is 0.430. The minimum absolute atomic E-state index is 0.247. The molecule has 1 aromatic heterocycles. The van der Waals surface area contributed by atoms with Crippen LogP contribution in [0.5, 0.6) is 5.75 Å². The molecule has 0 unspecified atom stereocenters. The van der Waals surface area contributed by atoms with E-state index in [9.17, 15) is 13.2 Å². The number of amides is 1. The van der Waals surface area contributed by atoms with Gasteiger partial charge in [-0.15, -0.1) is 11.3 Å². The van der Waals surface area contributed by atoms with Crippen LogP contribution in [0.25, 0.3) is 11.3 Å². The Labute approximate surface area is 198 Å². The summed E-state index contributed by atoms with van der Waals surface area (Å²) in [6.45, 7) is 3.92. The lowest BCUT2D eigenvalue weighted by Crippen LogP contribution is -2.27. The van der Waals surface area contributed by atoms with Crippen LogP contribution in [0.15, 0.2) is 58.8 Å². The van der Waals surface area contributed by atoms with Crippen molar-refractivity contribution in [2.45, 2.75) is 37.5 Å². The molecular weight excluding hydrogens is 458 g/mol. The highest BCUT2D eigenvalue weighted by Gasteiger charge is 2.27. The molecule has 4 rings (SSSR count). The molecule has 0 saturated carbocycles. The Morgan fingerprint density at radius 2 is 1.79 bits per heavy atom. The van der Waals surface area contributed by atoms with Crippen molar-refractivity contribution in [1.82, 2.24) is 9.29 Å². The maximum atomic E-state index is 12.7. The topological polar surface area (TPSA) is 88.6 Å². The van der Waals surface area contributed by atoms with Gasteiger partial charge in [0, 0.05) is 29.6 Å². The van der Waals surface area contributed by atoms with Crippen LogP contribution in [-0.2, 0) is 10.0 Å². The van der Waals surface area contributed by atoms with E-state index in [1.807, 2.05) is 5.38 Å². The summed E-state index contributed by atoms with van der Waals surface area (Å²) in [6.07, 6.45) is 3.87. The fourth-order valence-corrected chi connectivity index (χ4v) is 5.78. The Bertz CT molecular complexity index is 1180. The highest BCUT2D eigenvalue weighted by molar-refractivity contribution is 7.89. The van der Waals surface area contributed by atoms with Gasteiger partial charge in [0.2, 0.25) is 10.0 Å². The van der Waals surface area contributed by atoms with E-state index in [1.165, 1.54) is 15.6 Å². The second-order valence-corrected chi connectivity index (χ2v) is 10.7. The summed E-state index contributed by atoms with van der Waals surface area (Å²) in [5.74, 6) is 0.495. The van der Waals surface area contributed by atoms with E-state index in [2.05, 4.69) is 17.2 Å². The first-order valence-electron chi connectivity index (χ1n) is 11.1. The molecule has 3 aromatic rings. The second kappa shape index (κ2) is 10.5. The van der Waals surface area contributed by atoms with Crippen molar-refractivity contribution >= 4 is 32.4 Å². The van der Waals surface area contributed by atoms with Crippen LogP contribution < -0.4 is 10.1 Å². The van der Waals surface area contributed by atoms with Crippen molar-refractivity contribution < 1.29 is 17.9 Å². The van der Waals surface area contributed by atoms with E-state index in [0.29, 0.717) is 41.0 Å². The maximum Gasteiger partial charge on any atom is 0.257 e. The lowest BCUT2D eigenvalue weighted by molar-refractivity contribution is 0.102. The average molecular weight is 486 g/mol. The van der Waals surface area contributed by atoms with Crippen LogP contribution in [-0.4, -0.2) is 43.3 Å². The van der Waals surface area contributed by atoms with Gasteiger partial charge in [0.25, 0.3) is 5.91 Å². The van der Waals surface area contributed by atoms with Crippen molar-refractivity contribution in [3.05, 3.63) is 59.5 Å². The zero-order valence-corrected chi connectivity index (χ0v) is 20.1. The van der Waals surface area contributed by atoms with E-state index in [1.54, 1.807) is 48.5 Å². The SMILES string of the molecule is CCCCOc1ccc(C(=O)Nc2nc(-c3ccc(S(=O)(=O)N4CCCC4)cc3)cs2)cc1. The van der Waals surface area contributed by atoms with Gasteiger partial charge in [-0.2, -0.15) is 4.31 Å². The number of carbonyl (C=O) groups is 1. The molecule has 0 bridgehead atoms. The molecule has 1 saturated heterocycles. The summed E-state index contributed by atoms with van der Waals surface area (Å²) in [6, 6.07) is 13.8. The third-order valence-electron chi connectivity index (χ3n) is 5.46. The van der Waals surface area contributed by atoms with Crippen molar-refractivity contribution in [3.8, 4) is 17.0 Å². The number of sulfonamides is 1.